The van der Waals surface area contributed by atoms with Gasteiger partial charge in [-0.1, -0.05) is 19.8 Å². The highest BCUT2D eigenvalue weighted by atomic mass is 32.1. The molecule has 3 rings (SSSR count). The largest absolute Gasteiger partial charge is 0.480 e. The first-order valence-corrected chi connectivity index (χ1v) is 9.49. The summed E-state index contributed by atoms with van der Waals surface area (Å²) < 4.78 is 10.5. The monoisotopic (exact) mass is 363 g/mol. The van der Waals surface area contributed by atoms with Gasteiger partial charge in [-0.05, 0) is 31.2 Å². The number of amides is 1. The van der Waals surface area contributed by atoms with E-state index in [1.165, 1.54) is 24.2 Å². The second kappa shape index (κ2) is 7.66. The Morgan fingerprint density at radius 3 is 2.80 bits per heavy atom. The van der Waals surface area contributed by atoms with Crippen LogP contribution in [0.4, 0.5) is 0 Å². The maximum atomic E-state index is 12.8. The Kier molecular flexibility index (Phi) is 5.54. The number of ether oxygens (including phenoxy) is 2. The van der Waals surface area contributed by atoms with Crippen LogP contribution in [-0.4, -0.2) is 36.1 Å². The van der Waals surface area contributed by atoms with Crippen molar-refractivity contribution in [2.24, 2.45) is 5.92 Å². The fraction of sp³-hybridized carbons (Fsp3) is 0.611. The summed E-state index contributed by atoms with van der Waals surface area (Å²) in [6, 6.07) is 0.262. The van der Waals surface area contributed by atoms with E-state index in [4.69, 9.17) is 9.47 Å². The number of rotatable bonds is 5. The fourth-order valence-corrected chi connectivity index (χ4v) is 4.61. The number of thiophene rings is 1. The molecule has 2 aromatic rings. The zero-order chi connectivity index (χ0) is 18.0. The van der Waals surface area contributed by atoms with Gasteiger partial charge in [0.05, 0.1) is 17.4 Å². The van der Waals surface area contributed by atoms with Crippen molar-refractivity contribution in [2.75, 3.05) is 14.2 Å². The summed E-state index contributed by atoms with van der Waals surface area (Å²) in [5.74, 6) is 1.71. The van der Waals surface area contributed by atoms with E-state index in [1.807, 2.05) is 6.92 Å². The Balaban J connectivity index is 1.90. The molecule has 1 aliphatic rings. The second-order valence-corrected chi connectivity index (χ2v) is 7.76. The van der Waals surface area contributed by atoms with Crippen molar-refractivity contribution < 1.29 is 14.3 Å². The number of carbonyl (C=O) groups is 1. The molecule has 1 aliphatic carbocycles. The standard InChI is InChI=1S/C18H25N3O3S/c1-10-6-5-7-12(8-10)19-16(22)15-11(2)14-17(24-4)20-13(9-23-3)21-18(14)25-15/h10,12H,5-9H2,1-4H3,(H,19,22). The summed E-state index contributed by atoms with van der Waals surface area (Å²) in [7, 11) is 3.18. The molecule has 136 valence electrons. The highest BCUT2D eigenvalue weighted by molar-refractivity contribution is 7.20. The molecular weight excluding hydrogens is 338 g/mol. The number of aryl methyl sites for hydroxylation is 1. The van der Waals surface area contributed by atoms with Gasteiger partial charge in [0.2, 0.25) is 5.88 Å². The maximum absolute atomic E-state index is 12.8. The van der Waals surface area contributed by atoms with Gasteiger partial charge in [-0.3, -0.25) is 4.79 Å². The highest BCUT2D eigenvalue weighted by Gasteiger charge is 2.25. The molecule has 2 heterocycles. The average molecular weight is 363 g/mol. The molecule has 1 amide bonds. The molecule has 0 bridgehead atoms. The van der Waals surface area contributed by atoms with Gasteiger partial charge in [0.1, 0.15) is 11.4 Å². The number of aromatic nitrogens is 2. The van der Waals surface area contributed by atoms with Gasteiger partial charge in [-0.2, -0.15) is 4.98 Å². The Hall–Kier alpha value is -1.73. The van der Waals surface area contributed by atoms with Crippen LogP contribution in [0, 0.1) is 12.8 Å². The summed E-state index contributed by atoms with van der Waals surface area (Å²) in [4.78, 5) is 23.2. The minimum Gasteiger partial charge on any atom is -0.480 e. The molecule has 1 fully saturated rings. The molecular formula is C18H25N3O3S. The predicted molar refractivity (Wildman–Crippen MR) is 98.3 cm³/mol. The lowest BCUT2D eigenvalue weighted by molar-refractivity contribution is 0.0925. The van der Waals surface area contributed by atoms with Crippen molar-refractivity contribution in [1.29, 1.82) is 0 Å². The van der Waals surface area contributed by atoms with E-state index in [-0.39, 0.29) is 11.9 Å². The van der Waals surface area contributed by atoms with Crippen LogP contribution in [0.5, 0.6) is 5.88 Å². The van der Waals surface area contributed by atoms with Crippen LogP contribution in [0.15, 0.2) is 0 Å². The third kappa shape index (κ3) is 3.77. The molecule has 7 heteroatoms. The molecule has 0 aromatic carbocycles. The predicted octanol–water partition coefficient (Wildman–Crippen LogP) is 3.46. The minimum absolute atomic E-state index is 0.0186. The Labute approximate surface area is 152 Å². The number of hydrogen-bond acceptors (Lipinski definition) is 6. The normalized spacial score (nSPS) is 20.6. The van der Waals surface area contributed by atoms with Crippen LogP contribution < -0.4 is 10.1 Å². The molecule has 0 saturated heterocycles. The molecule has 1 saturated carbocycles. The quantitative estimate of drug-likeness (QED) is 0.881. The number of carbonyl (C=O) groups excluding carboxylic acids is 1. The van der Waals surface area contributed by atoms with Gasteiger partial charge in [0.15, 0.2) is 5.82 Å². The molecule has 0 radical (unpaired) electrons. The summed E-state index contributed by atoms with van der Waals surface area (Å²) in [5.41, 5.74) is 0.877. The topological polar surface area (TPSA) is 73.3 Å². The molecule has 2 atom stereocenters. The summed E-state index contributed by atoms with van der Waals surface area (Å²) in [6.07, 6.45) is 4.54. The van der Waals surface area contributed by atoms with Crippen LogP contribution in [-0.2, 0) is 11.3 Å². The van der Waals surface area contributed by atoms with E-state index in [0.717, 1.165) is 28.6 Å². The molecule has 2 unspecified atom stereocenters. The van der Waals surface area contributed by atoms with Crippen LogP contribution in [0.25, 0.3) is 10.2 Å². The van der Waals surface area contributed by atoms with E-state index < -0.39 is 0 Å². The number of methoxy groups -OCH3 is 2. The van der Waals surface area contributed by atoms with Gasteiger partial charge >= 0.3 is 0 Å². The smallest absolute Gasteiger partial charge is 0.261 e. The van der Waals surface area contributed by atoms with Crippen LogP contribution in [0.3, 0.4) is 0 Å². The maximum Gasteiger partial charge on any atom is 0.261 e. The van der Waals surface area contributed by atoms with E-state index >= 15 is 0 Å². The van der Waals surface area contributed by atoms with Gasteiger partial charge in [-0.15, -0.1) is 11.3 Å². The minimum atomic E-state index is -0.0186. The number of hydrogen-bond donors (Lipinski definition) is 1. The Morgan fingerprint density at radius 2 is 2.12 bits per heavy atom. The molecule has 25 heavy (non-hydrogen) atoms. The van der Waals surface area contributed by atoms with E-state index in [0.29, 0.717) is 29.1 Å². The van der Waals surface area contributed by atoms with Crippen LogP contribution >= 0.6 is 11.3 Å². The lowest BCUT2D eigenvalue weighted by Crippen LogP contribution is -2.37. The molecule has 1 N–H and O–H groups in total. The second-order valence-electron chi connectivity index (χ2n) is 6.76. The summed E-state index contributed by atoms with van der Waals surface area (Å²) in [5, 5.41) is 4.02. The third-order valence-electron chi connectivity index (χ3n) is 4.75. The van der Waals surface area contributed by atoms with Crippen LogP contribution in [0.2, 0.25) is 0 Å². The summed E-state index contributed by atoms with van der Waals surface area (Å²) >= 11 is 1.39. The van der Waals surface area contributed by atoms with Crippen molar-refractivity contribution in [3.63, 3.8) is 0 Å². The SMILES string of the molecule is COCc1nc(OC)c2c(C)c(C(=O)NC3CCCC(C)C3)sc2n1. The zero-order valence-electron chi connectivity index (χ0n) is 15.2. The van der Waals surface area contributed by atoms with Crippen LogP contribution in [0.1, 0.15) is 53.7 Å². The number of nitrogens with one attached hydrogen (secondary N) is 1. The molecule has 0 aliphatic heterocycles. The lowest BCUT2D eigenvalue weighted by Gasteiger charge is -2.27. The molecule has 0 spiro atoms. The average Bonchev–Trinajstić information content (AvgIpc) is 2.91. The Bertz CT molecular complexity index is 775. The third-order valence-corrected chi connectivity index (χ3v) is 5.93. The van der Waals surface area contributed by atoms with E-state index in [2.05, 4.69) is 22.2 Å². The first-order chi connectivity index (χ1) is 12.0. The fourth-order valence-electron chi connectivity index (χ4n) is 3.52. The van der Waals surface area contributed by atoms with Gasteiger partial charge < -0.3 is 14.8 Å². The van der Waals surface area contributed by atoms with Crippen molar-refractivity contribution in [1.82, 2.24) is 15.3 Å². The van der Waals surface area contributed by atoms with Gasteiger partial charge in [0, 0.05) is 13.2 Å². The van der Waals surface area contributed by atoms with E-state index in [1.54, 1.807) is 14.2 Å². The zero-order valence-corrected chi connectivity index (χ0v) is 16.0. The van der Waals surface area contributed by atoms with Crippen molar-refractivity contribution in [3.05, 3.63) is 16.3 Å². The molecule has 2 aromatic heterocycles. The first kappa shape index (κ1) is 18.1. The van der Waals surface area contributed by atoms with E-state index in [9.17, 15) is 4.79 Å². The lowest BCUT2D eigenvalue weighted by atomic mass is 9.87. The van der Waals surface area contributed by atoms with Crippen molar-refractivity contribution >= 4 is 27.5 Å². The Morgan fingerprint density at radius 1 is 1.32 bits per heavy atom. The molecule has 6 nitrogen and oxygen atoms in total. The van der Waals surface area contributed by atoms with Crippen molar-refractivity contribution in [2.45, 2.75) is 52.2 Å². The van der Waals surface area contributed by atoms with Crippen molar-refractivity contribution in [3.8, 4) is 5.88 Å². The van der Waals surface area contributed by atoms with Gasteiger partial charge in [-0.25, -0.2) is 4.98 Å². The first-order valence-electron chi connectivity index (χ1n) is 8.67. The number of nitrogens with zero attached hydrogens (tertiary/aromatic N) is 2. The highest BCUT2D eigenvalue weighted by Crippen LogP contribution is 2.35. The summed E-state index contributed by atoms with van der Waals surface area (Å²) in [6.45, 7) is 4.49. The van der Waals surface area contributed by atoms with Gasteiger partial charge in [0.25, 0.3) is 5.91 Å². The number of fused-ring (bicyclic) bond motifs is 1.